The minimum Gasteiger partial charge on any atom is -0.456 e. The van der Waals surface area contributed by atoms with Gasteiger partial charge in [-0.05, 0) is 31.4 Å². The summed E-state index contributed by atoms with van der Waals surface area (Å²) in [6, 6.07) is 7.78. The van der Waals surface area contributed by atoms with Crippen LogP contribution in [0.5, 0.6) is 0 Å². The molecule has 0 aliphatic heterocycles. The van der Waals surface area contributed by atoms with E-state index in [-0.39, 0.29) is 12.1 Å². The number of nitrogens with zero attached hydrogens (tertiary/aromatic N) is 2. The number of benzene rings is 1. The van der Waals surface area contributed by atoms with Gasteiger partial charge in [-0.2, -0.15) is 0 Å². The molecule has 1 heterocycles. The van der Waals surface area contributed by atoms with E-state index in [1.807, 2.05) is 24.3 Å². The second-order valence-corrected chi connectivity index (χ2v) is 4.53. The third-order valence-electron chi connectivity index (χ3n) is 3.17. The molecule has 0 spiro atoms. The maximum atomic E-state index is 11.1. The highest BCUT2D eigenvalue weighted by atomic mass is 16.5. The van der Waals surface area contributed by atoms with E-state index in [0.29, 0.717) is 0 Å². The lowest BCUT2D eigenvalue weighted by molar-refractivity contribution is -0.147. The van der Waals surface area contributed by atoms with Gasteiger partial charge >= 0.3 is 5.97 Å². The van der Waals surface area contributed by atoms with Gasteiger partial charge in [0.15, 0.2) is 0 Å². The van der Waals surface area contributed by atoms with Gasteiger partial charge in [0.05, 0.1) is 16.7 Å². The smallest absolute Gasteiger partial charge is 0.303 e. The molecular formula is C14H14N2O2. The largest absolute Gasteiger partial charge is 0.456 e. The molecule has 0 radical (unpaired) electrons. The molecule has 92 valence electrons. The number of aromatic nitrogens is 2. The minimum absolute atomic E-state index is 0.233. The molecular weight excluding hydrogens is 228 g/mol. The third kappa shape index (κ3) is 1.94. The zero-order valence-electron chi connectivity index (χ0n) is 10.2. The molecule has 1 atom stereocenters. The number of hydrogen-bond acceptors (Lipinski definition) is 4. The number of rotatable bonds is 1. The van der Waals surface area contributed by atoms with Gasteiger partial charge in [-0.3, -0.25) is 4.79 Å². The molecule has 18 heavy (non-hydrogen) atoms. The molecule has 0 bridgehead atoms. The van der Waals surface area contributed by atoms with Crippen molar-refractivity contribution in [3.63, 3.8) is 0 Å². The predicted molar refractivity (Wildman–Crippen MR) is 67.0 cm³/mol. The standard InChI is InChI=1S/C14H14N2O2/c1-9(17)18-13-8-4-7-12-14(13)16-11-6-3-2-5-10(11)15-12/h2-3,5-6,13H,4,7-8H2,1H3. The zero-order valence-corrected chi connectivity index (χ0v) is 10.2. The minimum atomic E-state index is -0.261. The summed E-state index contributed by atoms with van der Waals surface area (Å²) >= 11 is 0. The molecule has 0 fully saturated rings. The molecule has 1 unspecified atom stereocenters. The fraction of sp³-hybridized carbons (Fsp3) is 0.357. The summed E-state index contributed by atoms with van der Waals surface area (Å²) in [5.41, 5.74) is 3.55. The van der Waals surface area contributed by atoms with Crippen molar-refractivity contribution in [1.29, 1.82) is 0 Å². The maximum absolute atomic E-state index is 11.1. The first-order valence-corrected chi connectivity index (χ1v) is 6.17. The Hall–Kier alpha value is -1.97. The van der Waals surface area contributed by atoms with Gasteiger partial charge in [0, 0.05) is 6.92 Å². The van der Waals surface area contributed by atoms with E-state index in [1.54, 1.807) is 0 Å². The van der Waals surface area contributed by atoms with Crippen LogP contribution in [-0.2, 0) is 16.0 Å². The fourth-order valence-corrected chi connectivity index (χ4v) is 2.40. The van der Waals surface area contributed by atoms with E-state index in [0.717, 1.165) is 41.7 Å². The Morgan fingerprint density at radius 2 is 2.00 bits per heavy atom. The lowest BCUT2D eigenvalue weighted by Gasteiger charge is -2.23. The van der Waals surface area contributed by atoms with Crippen molar-refractivity contribution < 1.29 is 9.53 Å². The summed E-state index contributed by atoms with van der Waals surface area (Å²) in [6.45, 7) is 1.43. The molecule has 3 rings (SSSR count). The van der Waals surface area contributed by atoms with E-state index in [9.17, 15) is 4.79 Å². The summed E-state index contributed by atoms with van der Waals surface area (Å²) in [5, 5.41) is 0. The second-order valence-electron chi connectivity index (χ2n) is 4.53. The molecule has 1 aliphatic rings. The number of para-hydroxylation sites is 2. The van der Waals surface area contributed by atoms with Gasteiger partial charge in [0.1, 0.15) is 11.8 Å². The molecule has 2 aromatic rings. The number of esters is 1. The Balaban J connectivity index is 2.10. The molecule has 0 saturated carbocycles. The van der Waals surface area contributed by atoms with Crippen molar-refractivity contribution in [3.8, 4) is 0 Å². The Morgan fingerprint density at radius 3 is 2.72 bits per heavy atom. The van der Waals surface area contributed by atoms with Crippen LogP contribution >= 0.6 is 0 Å². The van der Waals surface area contributed by atoms with Crippen molar-refractivity contribution in [2.75, 3.05) is 0 Å². The lowest BCUT2D eigenvalue weighted by atomic mass is 9.97. The molecule has 0 N–H and O–H groups in total. The van der Waals surface area contributed by atoms with E-state index < -0.39 is 0 Å². The van der Waals surface area contributed by atoms with E-state index in [1.165, 1.54) is 6.92 Å². The molecule has 1 aromatic heterocycles. The van der Waals surface area contributed by atoms with Crippen molar-refractivity contribution in [1.82, 2.24) is 9.97 Å². The highest BCUT2D eigenvalue weighted by Crippen LogP contribution is 2.31. The summed E-state index contributed by atoms with van der Waals surface area (Å²) < 4.78 is 5.33. The van der Waals surface area contributed by atoms with Crippen LogP contribution < -0.4 is 0 Å². The van der Waals surface area contributed by atoms with E-state index in [4.69, 9.17) is 4.74 Å². The van der Waals surface area contributed by atoms with Crippen LogP contribution in [0.25, 0.3) is 11.0 Å². The van der Waals surface area contributed by atoms with Gasteiger partial charge in [-0.1, -0.05) is 12.1 Å². The highest BCUT2D eigenvalue weighted by molar-refractivity contribution is 5.74. The first-order valence-electron chi connectivity index (χ1n) is 6.17. The van der Waals surface area contributed by atoms with Crippen molar-refractivity contribution in [2.24, 2.45) is 0 Å². The predicted octanol–water partition coefficient (Wildman–Crippen LogP) is 2.57. The summed E-state index contributed by atoms with van der Waals surface area (Å²) in [4.78, 5) is 20.3. The Kier molecular flexibility index (Phi) is 2.70. The number of hydrogen-bond donors (Lipinski definition) is 0. The first-order chi connectivity index (χ1) is 8.74. The number of aryl methyl sites for hydroxylation is 1. The maximum Gasteiger partial charge on any atom is 0.303 e. The number of carbonyl (C=O) groups excluding carboxylic acids is 1. The summed E-state index contributed by atoms with van der Waals surface area (Å²) in [5.74, 6) is -0.261. The highest BCUT2D eigenvalue weighted by Gasteiger charge is 2.25. The van der Waals surface area contributed by atoms with Crippen molar-refractivity contribution in [3.05, 3.63) is 35.7 Å². The van der Waals surface area contributed by atoms with Crippen molar-refractivity contribution in [2.45, 2.75) is 32.3 Å². The summed E-state index contributed by atoms with van der Waals surface area (Å²) in [7, 11) is 0. The van der Waals surface area contributed by atoms with Gasteiger partial charge in [-0.15, -0.1) is 0 Å². The molecule has 4 heteroatoms. The van der Waals surface area contributed by atoms with Crippen LogP contribution in [-0.4, -0.2) is 15.9 Å². The van der Waals surface area contributed by atoms with Crippen LogP contribution in [0, 0.1) is 0 Å². The third-order valence-corrected chi connectivity index (χ3v) is 3.17. The average molecular weight is 242 g/mol. The van der Waals surface area contributed by atoms with Crippen LogP contribution in [0.2, 0.25) is 0 Å². The Labute approximate surface area is 105 Å². The fourth-order valence-electron chi connectivity index (χ4n) is 2.40. The number of fused-ring (bicyclic) bond motifs is 2. The molecule has 4 nitrogen and oxygen atoms in total. The Bertz CT molecular complexity index is 610. The van der Waals surface area contributed by atoms with E-state index in [2.05, 4.69) is 9.97 Å². The lowest BCUT2D eigenvalue weighted by Crippen LogP contribution is -2.18. The Morgan fingerprint density at radius 1 is 1.28 bits per heavy atom. The van der Waals surface area contributed by atoms with Gasteiger partial charge in [0.2, 0.25) is 0 Å². The normalized spacial score (nSPS) is 18.4. The van der Waals surface area contributed by atoms with Gasteiger partial charge in [0.25, 0.3) is 0 Å². The van der Waals surface area contributed by atoms with Crippen LogP contribution in [0.3, 0.4) is 0 Å². The SMILES string of the molecule is CC(=O)OC1CCCc2nc3ccccc3nc21. The summed E-state index contributed by atoms with van der Waals surface area (Å²) in [6.07, 6.45) is 2.49. The first kappa shape index (κ1) is 11.1. The molecule has 1 aromatic carbocycles. The molecule has 1 aliphatic carbocycles. The molecule has 0 saturated heterocycles. The van der Waals surface area contributed by atoms with Crippen LogP contribution in [0.1, 0.15) is 37.3 Å². The number of ether oxygens (including phenoxy) is 1. The van der Waals surface area contributed by atoms with Crippen molar-refractivity contribution >= 4 is 17.0 Å². The zero-order chi connectivity index (χ0) is 12.5. The quantitative estimate of drug-likeness (QED) is 0.721. The van der Waals surface area contributed by atoms with E-state index >= 15 is 0 Å². The monoisotopic (exact) mass is 242 g/mol. The van der Waals surface area contributed by atoms with Crippen LogP contribution in [0.15, 0.2) is 24.3 Å². The second kappa shape index (κ2) is 4.37. The average Bonchev–Trinajstić information content (AvgIpc) is 2.36. The van der Waals surface area contributed by atoms with Gasteiger partial charge < -0.3 is 4.74 Å². The number of carbonyl (C=O) groups is 1. The topological polar surface area (TPSA) is 52.1 Å². The van der Waals surface area contributed by atoms with Gasteiger partial charge in [-0.25, -0.2) is 9.97 Å². The van der Waals surface area contributed by atoms with Crippen LogP contribution in [0.4, 0.5) is 0 Å². The molecule has 0 amide bonds.